The van der Waals surface area contributed by atoms with Crippen molar-refractivity contribution in [2.24, 2.45) is 34.8 Å². The Bertz CT molecular complexity index is 324. The lowest BCUT2D eigenvalue weighted by atomic mass is 9.47. The molecule has 1 aliphatic heterocycles. The zero-order chi connectivity index (χ0) is 13.1. The van der Waals surface area contributed by atoms with Gasteiger partial charge in [0.15, 0.2) is 5.79 Å². The van der Waals surface area contributed by atoms with Crippen LogP contribution in [0.4, 0.5) is 0 Å². The van der Waals surface area contributed by atoms with Crippen LogP contribution in [0.15, 0.2) is 0 Å². The summed E-state index contributed by atoms with van der Waals surface area (Å²) in [6, 6.07) is 0. The van der Waals surface area contributed by atoms with Gasteiger partial charge in [0.25, 0.3) is 0 Å². The first-order valence-corrected chi connectivity index (χ1v) is 8.13. The van der Waals surface area contributed by atoms with Crippen LogP contribution in [0.1, 0.15) is 45.4 Å². The molecule has 0 spiro atoms. The summed E-state index contributed by atoms with van der Waals surface area (Å²) in [4.78, 5) is 0. The zero-order valence-electron chi connectivity index (χ0n) is 12.1. The maximum atomic E-state index is 6.26. The summed E-state index contributed by atoms with van der Waals surface area (Å²) in [5.41, 5.74) is 6.39. The minimum Gasteiger partial charge on any atom is -0.348 e. The Labute approximate surface area is 116 Å². The maximum absolute atomic E-state index is 6.26. The molecule has 0 unspecified atom stereocenters. The Balaban J connectivity index is 1.66. The van der Waals surface area contributed by atoms with Gasteiger partial charge in [-0.15, -0.1) is 0 Å². The molecule has 1 heterocycles. The van der Waals surface area contributed by atoms with Crippen molar-refractivity contribution in [1.29, 1.82) is 0 Å². The van der Waals surface area contributed by atoms with Crippen LogP contribution in [-0.2, 0) is 9.47 Å². The van der Waals surface area contributed by atoms with E-state index in [1.807, 2.05) is 0 Å². The third kappa shape index (κ3) is 1.74. The number of hydrogen-bond donors (Lipinski definition) is 1. The van der Waals surface area contributed by atoms with Crippen LogP contribution in [0.3, 0.4) is 0 Å². The van der Waals surface area contributed by atoms with Crippen molar-refractivity contribution in [3.63, 3.8) is 0 Å². The molecule has 0 atom stereocenters. The molecule has 5 rings (SSSR count). The summed E-state index contributed by atoms with van der Waals surface area (Å²) < 4.78 is 12.5. The summed E-state index contributed by atoms with van der Waals surface area (Å²) >= 11 is 0. The van der Waals surface area contributed by atoms with E-state index in [4.69, 9.17) is 15.2 Å². The first-order chi connectivity index (χ1) is 9.15. The molecular weight excluding hydrogens is 238 g/mol. The van der Waals surface area contributed by atoms with E-state index in [-0.39, 0.29) is 5.41 Å². The lowest BCUT2D eigenvalue weighted by molar-refractivity contribution is -0.353. The van der Waals surface area contributed by atoms with E-state index < -0.39 is 5.79 Å². The van der Waals surface area contributed by atoms with Gasteiger partial charge in [-0.3, -0.25) is 0 Å². The second-order valence-electron chi connectivity index (χ2n) is 7.88. The summed E-state index contributed by atoms with van der Waals surface area (Å²) in [7, 11) is 0. The highest BCUT2D eigenvalue weighted by molar-refractivity contribution is 5.08. The molecule has 4 saturated carbocycles. The molecule has 2 N–H and O–H groups in total. The lowest BCUT2D eigenvalue weighted by Gasteiger charge is -2.63. The zero-order valence-corrected chi connectivity index (χ0v) is 12.1. The van der Waals surface area contributed by atoms with Crippen LogP contribution in [-0.4, -0.2) is 25.5 Å². The molecule has 0 amide bonds. The second-order valence-corrected chi connectivity index (χ2v) is 7.88. The minimum atomic E-state index is -0.463. The summed E-state index contributed by atoms with van der Waals surface area (Å²) in [5, 5.41) is 0. The Hall–Kier alpha value is -0.120. The molecule has 19 heavy (non-hydrogen) atoms. The van der Waals surface area contributed by atoms with Gasteiger partial charge in [0.2, 0.25) is 0 Å². The van der Waals surface area contributed by atoms with Crippen molar-refractivity contribution in [2.75, 3.05) is 19.8 Å². The van der Waals surface area contributed by atoms with Crippen LogP contribution in [0, 0.1) is 29.1 Å². The van der Waals surface area contributed by atoms with E-state index in [0.717, 1.165) is 31.0 Å². The average Bonchev–Trinajstić information content (AvgIpc) is 2.38. The predicted octanol–water partition coefficient (Wildman–Crippen LogP) is 2.54. The SMILES string of the molecule is CC1COC(CN)(C23CC4CC(CC(C4)C2)C3)OC1. The smallest absolute Gasteiger partial charge is 0.186 e. The first-order valence-electron chi connectivity index (χ1n) is 8.13. The van der Waals surface area contributed by atoms with Crippen LogP contribution >= 0.6 is 0 Å². The van der Waals surface area contributed by atoms with Crippen molar-refractivity contribution in [3.8, 4) is 0 Å². The number of ether oxygens (including phenoxy) is 2. The Morgan fingerprint density at radius 2 is 1.42 bits per heavy atom. The van der Waals surface area contributed by atoms with Crippen molar-refractivity contribution >= 4 is 0 Å². The third-order valence-electron chi connectivity index (χ3n) is 6.32. The highest BCUT2D eigenvalue weighted by Gasteiger charge is 2.62. The molecule has 108 valence electrons. The minimum absolute atomic E-state index is 0.233. The van der Waals surface area contributed by atoms with Crippen molar-refractivity contribution in [1.82, 2.24) is 0 Å². The van der Waals surface area contributed by atoms with Crippen LogP contribution < -0.4 is 5.73 Å². The van der Waals surface area contributed by atoms with Crippen molar-refractivity contribution < 1.29 is 9.47 Å². The summed E-state index contributed by atoms with van der Waals surface area (Å²) in [6.45, 7) is 4.36. The molecule has 5 fully saturated rings. The molecule has 4 bridgehead atoms. The lowest BCUT2D eigenvalue weighted by Crippen LogP contribution is -2.65. The Kier molecular flexibility index (Phi) is 2.78. The monoisotopic (exact) mass is 265 g/mol. The molecular formula is C16H27NO2. The van der Waals surface area contributed by atoms with Gasteiger partial charge in [-0.05, 0) is 56.3 Å². The summed E-state index contributed by atoms with van der Waals surface area (Å²) in [6.07, 6.45) is 8.25. The second kappa shape index (κ2) is 4.19. The van der Waals surface area contributed by atoms with Gasteiger partial charge in [-0.2, -0.15) is 0 Å². The number of rotatable bonds is 2. The van der Waals surface area contributed by atoms with Gasteiger partial charge < -0.3 is 15.2 Å². The quantitative estimate of drug-likeness (QED) is 0.834. The van der Waals surface area contributed by atoms with Crippen molar-refractivity contribution in [2.45, 2.75) is 51.2 Å². The maximum Gasteiger partial charge on any atom is 0.186 e. The van der Waals surface area contributed by atoms with E-state index in [0.29, 0.717) is 12.5 Å². The third-order valence-corrected chi connectivity index (χ3v) is 6.32. The van der Waals surface area contributed by atoms with Gasteiger partial charge >= 0.3 is 0 Å². The van der Waals surface area contributed by atoms with Gasteiger partial charge in [-0.1, -0.05) is 6.92 Å². The Morgan fingerprint density at radius 3 is 1.84 bits per heavy atom. The average molecular weight is 265 g/mol. The molecule has 3 heteroatoms. The van der Waals surface area contributed by atoms with Gasteiger partial charge in [-0.25, -0.2) is 0 Å². The molecule has 4 aliphatic carbocycles. The summed E-state index contributed by atoms with van der Waals surface area (Å²) in [5.74, 6) is 2.80. The Morgan fingerprint density at radius 1 is 0.947 bits per heavy atom. The fraction of sp³-hybridized carbons (Fsp3) is 1.00. The van der Waals surface area contributed by atoms with E-state index in [1.165, 1.54) is 38.5 Å². The molecule has 0 aromatic carbocycles. The molecule has 0 aromatic rings. The van der Waals surface area contributed by atoms with Gasteiger partial charge in [0.05, 0.1) is 13.2 Å². The molecule has 3 nitrogen and oxygen atoms in total. The van der Waals surface area contributed by atoms with Crippen LogP contribution in [0.5, 0.6) is 0 Å². The largest absolute Gasteiger partial charge is 0.348 e. The first kappa shape index (κ1) is 12.6. The van der Waals surface area contributed by atoms with Gasteiger partial charge in [0, 0.05) is 17.9 Å². The topological polar surface area (TPSA) is 44.5 Å². The van der Waals surface area contributed by atoms with E-state index >= 15 is 0 Å². The van der Waals surface area contributed by atoms with E-state index in [9.17, 15) is 0 Å². The number of nitrogens with two attached hydrogens (primary N) is 1. The molecule has 1 saturated heterocycles. The normalized spacial score (nSPS) is 56.5. The van der Waals surface area contributed by atoms with Gasteiger partial charge in [0.1, 0.15) is 0 Å². The van der Waals surface area contributed by atoms with E-state index in [1.54, 1.807) is 0 Å². The standard InChI is InChI=1S/C16H27NO2/c1-11-8-18-16(10-17,19-9-11)15-5-12-2-13(6-15)4-14(3-12)7-15/h11-14H,2-10,17H2,1H3. The predicted molar refractivity (Wildman–Crippen MR) is 73.5 cm³/mol. The fourth-order valence-electron chi connectivity index (χ4n) is 5.86. The van der Waals surface area contributed by atoms with E-state index in [2.05, 4.69) is 6.92 Å². The molecule has 0 radical (unpaired) electrons. The van der Waals surface area contributed by atoms with Crippen LogP contribution in [0.2, 0.25) is 0 Å². The highest BCUT2D eigenvalue weighted by Crippen LogP contribution is 2.64. The fourth-order valence-corrected chi connectivity index (χ4v) is 5.86. The molecule has 0 aromatic heterocycles. The molecule has 5 aliphatic rings. The highest BCUT2D eigenvalue weighted by atomic mass is 16.7. The number of hydrogen-bond acceptors (Lipinski definition) is 3. The van der Waals surface area contributed by atoms with Crippen LogP contribution in [0.25, 0.3) is 0 Å². The van der Waals surface area contributed by atoms with Crippen molar-refractivity contribution in [3.05, 3.63) is 0 Å².